The molecule has 0 atom stereocenters. The highest BCUT2D eigenvalue weighted by Crippen LogP contribution is 2.37. The minimum atomic E-state index is -0.941. The number of hydrogen-bond acceptors (Lipinski definition) is 3. The molecule has 0 aliphatic heterocycles. The molecule has 2 aromatic heterocycles. The van der Waals surface area contributed by atoms with Gasteiger partial charge >= 0.3 is 0 Å². The predicted octanol–water partition coefficient (Wildman–Crippen LogP) is 6.03. The Morgan fingerprint density at radius 3 is 2.56 bits per heavy atom. The molecule has 1 aliphatic rings. The third-order valence-electron chi connectivity index (χ3n) is 6.57. The number of carbonyl (C=O) groups excluding carboxylic acids is 1. The van der Waals surface area contributed by atoms with Gasteiger partial charge in [-0.1, -0.05) is 26.2 Å². The van der Waals surface area contributed by atoms with Crippen molar-refractivity contribution in [1.82, 2.24) is 14.9 Å². The van der Waals surface area contributed by atoms with Gasteiger partial charge in [0, 0.05) is 47.1 Å². The lowest BCUT2D eigenvalue weighted by Gasteiger charge is -2.30. The largest absolute Gasteiger partial charge is 0.478 e. The molecule has 0 radical (unpaired) electrons. The van der Waals surface area contributed by atoms with Crippen LogP contribution >= 0.6 is 0 Å². The van der Waals surface area contributed by atoms with Crippen LogP contribution in [0, 0.1) is 6.92 Å². The standard InChI is InChI=1S/C27H35N3O2/c1-5-17-30-19(2)25(20-13-15-28-16-14-20)23-18-22(11-12-24(23)30)32-27(3,4)26(31)29-21-9-7-6-8-10-21/h11-16,18,21H,5-10,17H2,1-4H3,(H,29,31). The second-order valence-corrected chi connectivity index (χ2v) is 9.45. The summed E-state index contributed by atoms with van der Waals surface area (Å²) in [5.74, 6) is 0.670. The molecule has 3 aromatic rings. The van der Waals surface area contributed by atoms with Gasteiger partial charge in [0.15, 0.2) is 5.60 Å². The fraction of sp³-hybridized carbons (Fsp3) is 0.481. The maximum Gasteiger partial charge on any atom is 0.263 e. The van der Waals surface area contributed by atoms with Crippen molar-refractivity contribution < 1.29 is 9.53 Å². The van der Waals surface area contributed by atoms with E-state index >= 15 is 0 Å². The average molecular weight is 434 g/mol. The van der Waals surface area contributed by atoms with Crippen LogP contribution in [0.25, 0.3) is 22.0 Å². The Hall–Kier alpha value is -2.82. The summed E-state index contributed by atoms with van der Waals surface area (Å²) in [6.45, 7) is 9.04. The van der Waals surface area contributed by atoms with Crippen molar-refractivity contribution >= 4 is 16.8 Å². The molecule has 0 unspecified atom stereocenters. The van der Waals surface area contributed by atoms with Crippen molar-refractivity contribution in [2.24, 2.45) is 0 Å². The van der Waals surface area contributed by atoms with Crippen molar-refractivity contribution in [3.63, 3.8) is 0 Å². The van der Waals surface area contributed by atoms with E-state index in [1.54, 1.807) is 0 Å². The number of pyridine rings is 1. The zero-order valence-corrected chi connectivity index (χ0v) is 19.8. The first-order valence-electron chi connectivity index (χ1n) is 11.9. The fourth-order valence-electron chi connectivity index (χ4n) is 4.87. The average Bonchev–Trinajstić information content (AvgIpc) is 3.06. The van der Waals surface area contributed by atoms with E-state index in [4.69, 9.17) is 4.74 Å². The number of fused-ring (bicyclic) bond motifs is 1. The molecule has 4 rings (SSSR count). The number of nitrogens with zero attached hydrogens (tertiary/aromatic N) is 2. The van der Waals surface area contributed by atoms with Gasteiger partial charge in [0.1, 0.15) is 5.75 Å². The summed E-state index contributed by atoms with van der Waals surface area (Å²) in [6, 6.07) is 10.6. The Labute approximate surface area is 191 Å². The zero-order chi connectivity index (χ0) is 22.7. The Balaban J connectivity index is 1.65. The molecule has 32 heavy (non-hydrogen) atoms. The topological polar surface area (TPSA) is 56.2 Å². The third-order valence-corrected chi connectivity index (χ3v) is 6.57. The van der Waals surface area contributed by atoms with Crippen molar-refractivity contribution in [3.05, 3.63) is 48.4 Å². The van der Waals surface area contributed by atoms with E-state index in [0.717, 1.165) is 36.8 Å². The molecule has 170 valence electrons. The highest BCUT2D eigenvalue weighted by molar-refractivity contribution is 5.99. The quantitative estimate of drug-likeness (QED) is 0.495. The van der Waals surface area contributed by atoms with E-state index in [0.29, 0.717) is 5.75 Å². The predicted molar refractivity (Wildman–Crippen MR) is 130 cm³/mol. The lowest BCUT2D eigenvalue weighted by molar-refractivity contribution is -0.135. The van der Waals surface area contributed by atoms with Crippen LogP contribution in [-0.4, -0.2) is 27.1 Å². The number of ether oxygens (including phenoxy) is 1. The first-order chi connectivity index (χ1) is 15.4. The molecule has 1 saturated carbocycles. The molecule has 1 amide bonds. The Bertz CT molecular complexity index is 1080. The van der Waals surface area contributed by atoms with Crippen LogP contribution < -0.4 is 10.1 Å². The van der Waals surface area contributed by atoms with Gasteiger partial charge in [-0.3, -0.25) is 9.78 Å². The molecule has 0 bridgehead atoms. The number of aryl methyl sites for hydroxylation is 1. The Morgan fingerprint density at radius 2 is 1.88 bits per heavy atom. The van der Waals surface area contributed by atoms with Crippen LogP contribution in [0.4, 0.5) is 0 Å². The van der Waals surface area contributed by atoms with Crippen LogP contribution in [0.15, 0.2) is 42.7 Å². The van der Waals surface area contributed by atoms with Crippen molar-refractivity contribution in [2.75, 3.05) is 0 Å². The van der Waals surface area contributed by atoms with Crippen LogP contribution in [0.1, 0.15) is 65.0 Å². The summed E-state index contributed by atoms with van der Waals surface area (Å²) in [4.78, 5) is 17.2. The van der Waals surface area contributed by atoms with Crippen LogP contribution in [0.5, 0.6) is 5.75 Å². The molecule has 1 aliphatic carbocycles. The summed E-state index contributed by atoms with van der Waals surface area (Å²) in [6.07, 6.45) is 10.5. The summed E-state index contributed by atoms with van der Waals surface area (Å²) in [5, 5.41) is 4.35. The highest BCUT2D eigenvalue weighted by atomic mass is 16.5. The molecule has 5 nitrogen and oxygen atoms in total. The lowest BCUT2D eigenvalue weighted by Crippen LogP contribution is -2.50. The molecule has 5 heteroatoms. The summed E-state index contributed by atoms with van der Waals surface area (Å²) in [7, 11) is 0. The maximum atomic E-state index is 13.0. The molecule has 1 N–H and O–H groups in total. The molecule has 0 spiro atoms. The third kappa shape index (κ3) is 4.52. The number of rotatable bonds is 7. The highest BCUT2D eigenvalue weighted by Gasteiger charge is 2.32. The molecular formula is C27H35N3O2. The summed E-state index contributed by atoms with van der Waals surface area (Å²) >= 11 is 0. The minimum Gasteiger partial charge on any atom is -0.478 e. The Kier molecular flexibility index (Phi) is 6.54. The number of benzene rings is 1. The second-order valence-electron chi connectivity index (χ2n) is 9.45. The van der Waals surface area contributed by atoms with Crippen LogP contribution in [0.3, 0.4) is 0 Å². The second kappa shape index (κ2) is 9.35. The zero-order valence-electron chi connectivity index (χ0n) is 19.8. The molecule has 0 saturated heterocycles. The van der Waals surface area contributed by atoms with Gasteiger partial charge in [0.25, 0.3) is 5.91 Å². The van der Waals surface area contributed by atoms with E-state index < -0.39 is 5.60 Å². The smallest absolute Gasteiger partial charge is 0.263 e. The normalized spacial score (nSPS) is 15.1. The van der Waals surface area contributed by atoms with Gasteiger partial charge in [-0.05, 0) is 75.9 Å². The number of aromatic nitrogens is 2. The van der Waals surface area contributed by atoms with Gasteiger partial charge in [-0.15, -0.1) is 0 Å². The summed E-state index contributed by atoms with van der Waals surface area (Å²) < 4.78 is 8.65. The SMILES string of the molecule is CCCn1c(C)c(-c2ccncc2)c2cc(OC(C)(C)C(=O)NC3CCCCC3)ccc21. The van der Waals surface area contributed by atoms with E-state index in [-0.39, 0.29) is 11.9 Å². The number of hydrogen-bond donors (Lipinski definition) is 1. The number of carbonyl (C=O) groups is 1. The van der Waals surface area contributed by atoms with E-state index in [2.05, 4.69) is 40.8 Å². The number of amides is 1. The lowest BCUT2D eigenvalue weighted by atomic mass is 9.94. The fourth-order valence-corrected chi connectivity index (χ4v) is 4.87. The van der Waals surface area contributed by atoms with Gasteiger partial charge < -0.3 is 14.6 Å². The van der Waals surface area contributed by atoms with E-state index in [1.807, 2.05) is 44.4 Å². The van der Waals surface area contributed by atoms with Gasteiger partial charge in [0.05, 0.1) is 0 Å². The maximum absolute atomic E-state index is 13.0. The van der Waals surface area contributed by atoms with Gasteiger partial charge in [-0.25, -0.2) is 0 Å². The first kappa shape index (κ1) is 22.4. The number of nitrogens with one attached hydrogen (secondary N) is 1. The van der Waals surface area contributed by atoms with Crippen molar-refractivity contribution in [3.8, 4) is 16.9 Å². The van der Waals surface area contributed by atoms with E-state index in [9.17, 15) is 4.79 Å². The van der Waals surface area contributed by atoms with E-state index in [1.165, 1.54) is 36.0 Å². The van der Waals surface area contributed by atoms with Crippen LogP contribution in [-0.2, 0) is 11.3 Å². The minimum absolute atomic E-state index is 0.0430. The monoisotopic (exact) mass is 433 g/mol. The first-order valence-corrected chi connectivity index (χ1v) is 11.9. The van der Waals surface area contributed by atoms with Crippen LogP contribution in [0.2, 0.25) is 0 Å². The molecule has 1 fully saturated rings. The summed E-state index contributed by atoms with van der Waals surface area (Å²) in [5.41, 5.74) is 3.82. The Morgan fingerprint density at radius 1 is 1.16 bits per heavy atom. The molecular weight excluding hydrogens is 398 g/mol. The van der Waals surface area contributed by atoms with Gasteiger partial charge in [0.2, 0.25) is 0 Å². The van der Waals surface area contributed by atoms with Crippen molar-refractivity contribution in [2.45, 2.75) is 84.4 Å². The molecule has 1 aromatic carbocycles. The molecule has 2 heterocycles. The van der Waals surface area contributed by atoms with Gasteiger partial charge in [-0.2, -0.15) is 0 Å². The van der Waals surface area contributed by atoms with Crippen molar-refractivity contribution in [1.29, 1.82) is 0 Å².